The zero-order valence-corrected chi connectivity index (χ0v) is 13.6. The first-order valence-electron chi connectivity index (χ1n) is 7.38. The van der Waals surface area contributed by atoms with Crippen LogP contribution in [0, 0.1) is 0 Å². The van der Waals surface area contributed by atoms with Crippen LogP contribution in [0.25, 0.3) is 0 Å². The number of likely N-dealkylation sites (N-methyl/N-ethyl adjacent to an activating group) is 1. The molecule has 0 radical (unpaired) electrons. The number of hydrogen-bond acceptors (Lipinski definition) is 3. The van der Waals surface area contributed by atoms with Crippen LogP contribution < -0.4 is 10.1 Å². The van der Waals surface area contributed by atoms with Crippen LogP contribution >= 0.6 is 11.8 Å². The predicted molar refractivity (Wildman–Crippen MR) is 91.2 cm³/mol. The number of hydrogen-bond donors (Lipinski definition) is 1. The number of thioether (sulfide) groups is 1. The SMILES string of the molecule is CCNCCc1ccccc1COc1ccc(SC)cc1. The Labute approximate surface area is 131 Å². The molecule has 0 bridgehead atoms. The summed E-state index contributed by atoms with van der Waals surface area (Å²) in [6.45, 7) is 4.78. The Morgan fingerprint density at radius 2 is 1.71 bits per heavy atom. The van der Waals surface area contributed by atoms with E-state index in [1.54, 1.807) is 11.8 Å². The lowest BCUT2D eigenvalue weighted by Gasteiger charge is -2.11. The Bertz CT molecular complexity index is 539. The van der Waals surface area contributed by atoms with E-state index in [0.717, 1.165) is 25.3 Å². The molecule has 0 aliphatic rings. The van der Waals surface area contributed by atoms with E-state index in [0.29, 0.717) is 6.61 Å². The van der Waals surface area contributed by atoms with E-state index in [-0.39, 0.29) is 0 Å². The number of benzene rings is 2. The molecule has 2 rings (SSSR count). The lowest BCUT2D eigenvalue weighted by molar-refractivity contribution is 0.304. The summed E-state index contributed by atoms with van der Waals surface area (Å²) < 4.78 is 5.91. The van der Waals surface area contributed by atoms with E-state index >= 15 is 0 Å². The number of nitrogens with one attached hydrogen (secondary N) is 1. The van der Waals surface area contributed by atoms with Crippen molar-refractivity contribution in [3.05, 3.63) is 59.7 Å². The zero-order valence-electron chi connectivity index (χ0n) is 12.8. The molecule has 0 saturated heterocycles. The van der Waals surface area contributed by atoms with Crippen LogP contribution in [0.4, 0.5) is 0 Å². The van der Waals surface area contributed by atoms with E-state index in [9.17, 15) is 0 Å². The van der Waals surface area contributed by atoms with Gasteiger partial charge in [0.1, 0.15) is 12.4 Å². The van der Waals surface area contributed by atoms with Crippen molar-refractivity contribution in [3.8, 4) is 5.75 Å². The highest BCUT2D eigenvalue weighted by molar-refractivity contribution is 7.98. The highest BCUT2D eigenvalue weighted by atomic mass is 32.2. The molecule has 3 heteroatoms. The van der Waals surface area contributed by atoms with E-state index in [2.05, 4.69) is 54.9 Å². The molecule has 1 N–H and O–H groups in total. The van der Waals surface area contributed by atoms with Gasteiger partial charge < -0.3 is 10.1 Å². The molecular weight excluding hydrogens is 278 g/mol. The standard InChI is InChI=1S/C18H23NOS/c1-3-19-13-12-15-6-4-5-7-16(15)14-20-17-8-10-18(21-2)11-9-17/h4-11,19H,3,12-14H2,1-2H3. The molecule has 0 spiro atoms. The molecule has 0 amide bonds. The second-order valence-corrected chi connectivity index (χ2v) is 5.72. The fourth-order valence-electron chi connectivity index (χ4n) is 2.18. The monoisotopic (exact) mass is 301 g/mol. The van der Waals surface area contributed by atoms with Crippen molar-refractivity contribution in [1.29, 1.82) is 0 Å². The Morgan fingerprint density at radius 1 is 1.00 bits per heavy atom. The molecule has 2 nitrogen and oxygen atoms in total. The third kappa shape index (κ3) is 5.10. The predicted octanol–water partition coefficient (Wildman–Crippen LogP) is 4.14. The molecule has 0 aliphatic heterocycles. The summed E-state index contributed by atoms with van der Waals surface area (Å²) in [5.41, 5.74) is 2.63. The van der Waals surface area contributed by atoms with Crippen LogP contribution in [-0.2, 0) is 13.0 Å². The van der Waals surface area contributed by atoms with Crippen molar-refractivity contribution in [2.75, 3.05) is 19.3 Å². The molecule has 0 aliphatic carbocycles. The van der Waals surface area contributed by atoms with Crippen molar-refractivity contribution in [1.82, 2.24) is 5.32 Å². The fourth-order valence-corrected chi connectivity index (χ4v) is 2.58. The van der Waals surface area contributed by atoms with Crippen LogP contribution in [0.2, 0.25) is 0 Å². The molecule has 21 heavy (non-hydrogen) atoms. The molecule has 112 valence electrons. The molecule has 2 aromatic rings. The normalized spacial score (nSPS) is 10.6. The molecule has 0 unspecified atom stereocenters. The number of ether oxygens (including phenoxy) is 1. The van der Waals surface area contributed by atoms with Crippen molar-refractivity contribution >= 4 is 11.8 Å². The Morgan fingerprint density at radius 3 is 2.38 bits per heavy atom. The van der Waals surface area contributed by atoms with Crippen molar-refractivity contribution < 1.29 is 4.74 Å². The second kappa shape index (κ2) is 8.75. The third-order valence-electron chi connectivity index (χ3n) is 3.39. The van der Waals surface area contributed by atoms with Gasteiger partial charge in [-0.25, -0.2) is 0 Å². The first-order chi connectivity index (χ1) is 10.3. The van der Waals surface area contributed by atoms with Gasteiger partial charge in [-0.3, -0.25) is 0 Å². The largest absolute Gasteiger partial charge is 0.489 e. The van der Waals surface area contributed by atoms with E-state index in [1.807, 2.05) is 12.1 Å². The highest BCUT2D eigenvalue weighted by Crippen LogP contribution is 2.20. The highest BCUT2D eigenvalue weighted by Gasteiger charge is 2.03. The topological polar surface area (TPSA) is 21.3 Å². The van der Waals surface area contributed by atoms with E-state index in [4.69, 9.17) is 4.74 Å². The molecular formula is C18H23NOS. The lowest BCUT2D eigenvalue weighted by atomic mass is 10.1. The van der Waals surface area contributed by atoms with Gasteiger partial charge >= 0.3 is 0 Å². The maximum Gasteiger partial charge on any atom is 0.119 e. The number of rotatable bonds is 8. The maximum atomic E-state index is 5.91. The quantitative estimate of drug-likeness (QED) is 0.585. The smallest absolute Gasteiger partial charge is 0.119 e. The van der Waals surface area contributed by atoms with Crippen LogP contribution in [-0.4, -0.2) is 19.3 Å². The van der Waals surface area contributed by atoms with Gasteiger partial charge in [0.25, 0.3) is 0 Å². The Balaban J connectivity index is 1.95. The zero-order chi connectivity index (χ0) is 14.9. The first kappa shape index (κ1) is 15.9. The average molecular weight is 301 g/mol. The van der Waals surface area contributed by atoms with Crippen LogP contribution in [0.15, 0.2) is 53.4 Å². The minimum Gasteiger partial charge on any atom is -0.489 e. The molecule has 2 aromatic carbocycles. The van der Waals surface area contributed by atoms with E-state index in [1.165, 1.54) is 16.0 Å². The summed E-state index contributed by atoms with van der Waals surface area (Å²) in [5.74, 6) is 0.925. The van der Waals surface area contributed by atoms with Crippen molar-refractivity contribution in [3.63, 3.8) is 0 Å². The summed E-state index contributed by atoms with van der Waals surface area (Å²) in [4.78, 5) is 1.26. The van der Waals surface area contributed by atoms with E-state index < -0.39 is 0 Å². The van der Waals surface area contributed by atoms with Gasteiger partial charge in [0.05, 0.1) is 0 Å². The van der Waals surface area contributed by atoms with Gasteiger partial charge in [-0.15, -0.1) is 11.8 Å². The summed E-state index contributed by atoms with van der Waals surface area (Å²) in [6, 6.07) is 16.8. The maximum absolute atomic E-state index is 5.91. The van der Waals surface area contributed by atoms with Gasteiger partial charge in [-0.2, -0.15) is 0 Å². The lowest BCUT2D eigenvalue weighted by Crippen LogP contribution is -2.17. The minimum absolute atomic E-state index is 0.626. The van der Waals surface area contributed by atoms with Gasteiger partial charge in [0, 0.05) is 4.90 Å². The minimum atomic E-state index is 0.626. The molecule has 0 saturated carbocycles. The molecule has 0 atom stereocenters. The van der Waals surface area contributed by atoms with Crippen LogP contribution in [0.3, 0.4) is 0 Å². The molecule has 0 fully saturated rings. The van der Waals surface area contributed by atoms with Gasteiger partial charge in [-0.1, -0.05) is 31.2 Å². The molecule has 0 heterocycles. The Kier molecular flexibility index (Phi) is 6.64. The van der Waals surface area contributed by atoms with Crippen molar-refractivity contribution in [2.45, 2.75) is 24.8 Å². The van der Waals surface area contributed by atoms with Crippen molar-refractivity contribution in [2.24, 2.45) is 0 Å². The summed E-state index contributed by atoms with van der Waals surface area (Å²) in [5, 5.41) is 3.37. The Hall–Kier alpha value is -1.45. The first-order valence-corrected chi connectivity index (χ1v) is 8.60. The summed E-state index contributed by atoms with van der Waals surface area (Å²) >= 11 is 1.74. The summed E-state index contributed by atoms with van der Waals surface area (Å²) in [6.07, 6.45) is 3.12. The van der Waals surface area contributed by atoms with Gasteiger partial charge in [0.15, 0.2) is 0 Å². The second-order valence-electron chi connectivity index (χ2n) is 4.84. The van der Waals surface area contributed by atoms with Crippen LogP contribution in [0.5, 0.6) is 5.75 Å². The van der Waals surface area contributed by atoms with Gasteiger partial charge in [-0.05, 0) is 61.2 Å². The third-order valence-corrected chi connectivity index (χ3v) is 4.14. The van der Waals surface area contributed by atoms with Crippen LogP contribution in [0.1, 0.15) is 18.1 Å². The fraction of sp³-hybridized carbons (Fsp3) is 0.333. The summed E-state index contributed by atoms with van der Waals surface area (Å²) in [7, 11) is 0. The molecule has 0 aromatic heterocycles. The van der Waals surface area contributed by atoms with Gasteiger partial charge in [0.2, 0.25) is 0 Å². The average Bonchev–Trinajstić information content (AvgIpc) is 2.54.